The van der Waals surface area contributed by atoms with Gasteiger partial charge in [-0.3, -0.25) is 9.98 Å². The maximum atomic E-state index is 14.4. The highest BCUT2D eigenvalue weighted by Crippen LogP contribution is 2.31. The number of aromatic nitrogens is 3. The maximum absolute atomic E-state index is 14.4. The Balaban J connectivity index is 1.58. The Labute approximate surface area is 166 Å². The Bertz CT molecular complexity index is 1040. The summed E-state index contributed by atoms with van der Waals surface area (Å²) in [6, 6.07) is 3.47. The molecule has 4 rings (SSSR count). The molecule has 5 nitrogen and oxygen atoms in total. The first kappa shape index (κ1) is 19.2. The first-order valence-electron chi connectivity index (χ1n) is 9.64. The van der Waals surface area contributed by atoms with Gasteiger partial charge in [0.1, 0.15) is 0 Å². The van der Waals surface area contributed by atoms with Gasteiger partial charge in [0.25, 0.3) is 0 Å². The third-order valence-electron chi connectivity index (χ3n) is 5.05. The summed E-state index contributed by atoms with van der Waals surface area (Å²) in [5, 5.41) is 3.41. The molecule has 3 aromatic heterocycles. The van der Waals surface area contributed by atoms with Crippen LogP contribution in [0.4, 0.5) is 10.1 Å². The van der Waals surface area contributed by atoms with E-state index >= 15 is 0 Å². The van der Waals surface area contributed by atoms with Gasteiger partial charge in [0.15, 0.2) is 11.5 Å². The van der Waals surface area contributed by atoms with Crippen molar-refractivity contribution >= 4 is 25.4 Å². The molecule has 0 radical (unpaired) electrons. The zero-order valence-corrected chi connectivity index (χ0v) is 17.5. The van der Waals surface area contributed by atoms with E-state index in [1.54, 1.807) is 10.6 Å². The number of hydrogen-bond donors (Lipinski definition) is 1. The van der Waals surface area contributed by atoms with Crippen LogP contribution in [0.3, 0.4) is 0 Å². The summed E-state index contributed by atoms with van der Waals surface area (Å²) in [7, 11) is 0.759. The van der Waals surface area contributed by atoms with Crippen molar-refractivity contribution in [2.24, 2.45) is 4.99 Å². The molecule has 1 N–H and O–H groups in total. The molecule has 4 heterocycles. The summed E-state index contributed by atoms with van der Waals surface area (Å²) in [6.45, 7) is 8.21. The Morgan fingerprint density at radius 2 is 2.04 bits per heavy atom. The van der Waals surface area contributed by atoms with E-state index < -0.39 is 0 Å². The SMILES string of the molecule is CC(=Nc1cnc(-c2cc(F)c3nc(C)cn3c2)cc1C)PC1CCNCC1. The number of imidazole rings is 1. The van der Waals surface area contributed by atoms with Gasteiger partial charge in [-0.25, -0.2) is 9.37 Å². The molecule has 1 aliphatic heterocycles. The number of rotatable bonds is 4. The molecule has 0 bridgehead atoms. The van der Waals surface area contributed by atoms with Crippen LogP contribution < -0.4 is 5.32 Å². The second kappa shape index (κ2) is 8.06. The van der Waals surface area contributed by atoms with Crippen molar-refractivity contribution in [1.29, 1.82) is 0 Å². The lowest BCUT2D eigenvalue weighted by molar-refractivity contribution is 0.530. The lowest BCUT2D eigenvalue weighted by atomic mass is 10.1. The van der Waals surface area contributed by atoms with Crippen molar-refractivity contribution in [3.05, 3.63) is 47.8 Å². The lowest BCUT2D eigenvalue weighted by Crippen LogP contribution is -2.28. The van der Waals surface area contributed by atoms with Crippen LogP contribution in [0, 0.1) is 19.7 Å². The maximum Gasteiger partial charge on any atom is 0.173 e. The van der Waals surface area contributed by atoms with E-state index in [4.69, 9.17) is 4.99 Å². The second-order valence-corrected chi connectivity index (χ2v) is 9.24. The van der Waals surface area contributed by atoms with Crippen molar-refractivity contribution in [2.45, 2.75) is 39.3 Å². The van der Waals surface area contributed by atoms with Crippen LogP contribution in [0.1, 0.15) is 31.0 Å². The highest BCUT2D eigenvalue weighted by Gasteiger charge is 2.14. The first-order chi connectivity index (χ1) is 13.5. The predicted molar refractivity (Wildman–Crippen MR) is 115 cm³/mol. The van der Waals surface area contributed by atoms with Crippen LogP contribution in [0.2, 0.25) is 0 Å². The van der Waals surface area contributed by atoms with E-state index in [-0.39, 0.29) is 5.82 Å². The molecule has 1 unspecified atom stereocenters. The molecule has 0 amide bonds. The average molecular weight is 397 g/mol. The number of hydrogen-bond acceptors (Lipinski definition) is 4. The minimum Gasteiger partial charge on any atom is -0.317 e. The van der Waals surface area contributed by atoms with Crippen LogP contribution in [0.25, 0.3) is 16.9 Å². The largest absolute Gasteiger partial charge is 0.317 e. The standard InChI is InChI=1S/C21H25FN5P/c1-13-8-19(16-9-18(22)21-25-14(2)11-27(21)12-16)24-10-20(13)26-15(3)28-17-4-6-23-7-5-17/h8-12,17,23,28H,4-7H2,1-3H3. The summed E-state index contributed by atoms with van der Waals surface area (Å²) in [4.78, 5) is 13.6. The number of aryl methyl sites for hydroxylation is 2. The number of fused-ring (bicyclic) bond motifs is 1. The Morgan fingerprint density at radius 1 is 1.25 bits per heavy atom. The van der Waals surface area contributed by atoms with Gasteiger partial charge < -0.3 is 9.72 Å². The topological polar surface area (TPSA) is 54.6 Å². The van der Waals surface area contributed by atoms with Crippen molar-refractivity contribution in [1.82, 2.24) is 19.7 Å². The molecule has 0 saturated carbocycles. The number of pyridine rings is 2. The monoisotopic (exact) mass is 397 g/mol. The molecule has 1 saturated heterocycles. The Kier molecular flexibility index (Phi) is 5.51. The van der Waals surface area contributed by atoms with Gasteiger partial charge in [-0.15, -0.1) is 0 Å². The molecule has 146 valence electrons. The van der Waals surface area contributed by atoms with Crippen molar-refractivity contribution in [3.8, 4) is 11.3 Å². The molecule has 1 aliphatic rings. The third kappa shape index (κ3) is 4.13. The number of piperidine rings is 1. The smallest absolute Gasteiger partial charge is 0.173 e. The van der Waals surface area contributed by atoms with Gasteiger partial charge in [0.05, 0.1) is 23.3 Å². The molecule has 7 heteroatoms. The van der Waals surface area contributed by atoms with Crippen LogP contribution in [0.15, 0.2) is 35.7 Å². The summed E-state index contributed by atoms with van der Waals surface area (Å²) in [5.74, 6) is -0.342. The summed E-state index contributed by atoms with van der Waals surface area (Å²) >= 11 is 0. The summed E-state index contributed by atoms with van der Waals surface area (Å²) in [5.41, 5.74) is 6.45. The zero-order valence-electron chi connectivity index (χ0n) is 16.5. The fourth-order valence-electron chi connectivity index (χ4n) is 3.62. The van der Waals surface area contributed by atoms with Crippen LogP contribution in [-0.2, 0) is 0 Å². The van der Waals surface area contributed by atoms with Gasteiger partial charge in [0.2, 0.25) is 0 Å². The molecule has 1 atom stereocenters. The number of halogens is 1. The number of nitrogens with one attached hydrogen (secondary N) is 1. The van der Waals surface area contributed by atoms with E-state index in [2.05, 4.69) is 22.2 Å². The third-order valence-corrected chi connectivity index (χ3v) is 6.56. The van der Waals surface area contributed by atoms with Gasteiger partial charge in [-0.1, -0.05) is 8.58 Å². The van der Waals surface area contributed by atoms with E-state index in [0.717, 1.165) is 55.5 Å². The van der Waals surface area contributed by atoms with Gasteiger partial charge in [-0.05, 0) is 70.1 Å². The van der Waals surface area contributed by atoms with E-state index in [9.17, 15) is 4.39 Å². The Hall–Kier alpha value is -2.17. The van der Waals surface area contributed by atoms with Crippen molar-refractivity contribution in [3.63, 3.8) is 0 Å². The molecule has 3 aromatic rings. The predicted octanol–water partition coefficient (Wildman–Crippen LogP) is 4.63. The minimum atomic E-state index is -0.342. The van der Waals surface area contributed by atoms with Gasteiger partial charge >= 0.3 is 0 Å². The number of nitrogens with zero attached hydrogens (tertiary/aromatic N) is 4. The van der Waals surface area contributed by atoms with Crippen LogP contribution in [-0.4, -0.2) is 38.6 Å². The molecule has 1 fully saturated rings. The molecular formula is C21H25FN5P. The fourth-order valence-corrected chi connectivity index (χ4v) is 4.97. The highest BCUT2D eigenvalue weighted by atomic mass is 31.1. The molecule has 0 spiro atoms. The quantitative estimate of drug-likeness (QED) is 0.516. The first-order valence-corrected chi connectivity index (χ1v) is 10.7. The van der Waals surface area contributed by atoms with Gasteiger partial charge in [0, 0.05) is 23.4 Å². The fraction of sp³-hybridized carbons (Fsp3) is 0.381. The summed E-state index contributed by atoms with van der Waals surface area (Å²) in [6.07, 6.45) is 7.93. The highest BCUT2D eigenvalue weighted by molar-refractivity contribution is 7.59. The zero-order chi connectivity index (χ0) is 19.7. The molecule has 0 aliphatic carbocycles. The molecular weight excluding hydrogens is 372 g/mol. The number of aliphatic imine (C=N–C) groups is 1. The second-order valence-electron chi connectivity index (χ2n) is 7.41. The molecule has 0 aromatic carbocycles. The normalized spacial score (nSPS) is 16.5. The van der Waals surface area contributed by atoms with Crippen molar-refractivity contribution < 1.29 is 4.39 Å². The lowest BCUT2D eigenvalue weighted by Gasteiger charge is -2.22. The Morgan fingerprint density at radius 3 is 2.79 bits per heavy atom. The van der Waals surface area contributed by atoms with Crippen LogP contribution >= 0.6 is 8.58 Å². The van der Waals surface area contributed by atoms with Crippen LogP contribution in [0.5, 0.6) is 0 Å². The van der Waals surface area contributed by atoms with Gasteiger partial charge in [-0.2, -0.15) is 0 Å². The minimum absolute atomic E-state index is 0.341. The van der Waals surface area contributed by atoms with Crippen molar-refractivity contribution in [2.75, 3.05) is 13.1 Å². The summed E-state index contributed by atoms with van der Waals surface area (Å²) < 4.78 is 16.1. The van der Waals surface area contributed by atoms with E-state index in [1.165, 1.54) is 24.4 Å². The molecule has 28 heavy (non-hydrogen) atoms. The van der Waals surface area contributed by atoms with E-state index in [0.29, 0.717) is 5.65 Å². The average Bonchev–Trinajstić information content (AvgIpc) is 3.05. The van der Waals surface area contributed by atoms with E-state index in [1.807, 2.05) is 32.3 Å².